The van der Waals surface area contributed by atoms with Gasteiger partial charge in [0.1, 0.15) is 0 Å². The first-order chi connectivity index (χ1) is 14.4. The summed E-state index contributed by atoms with van der Waals surface area (Å²) in [4.78, 5) is 38.0. The van der Waals surface area contributed by atoms with Crippen molar-refractivity contribution in [3.63, 3.8) is 0 Å². The Hall–Kier alpha value is -2.77. The smallest absolute Gasteiger partial charge is 0.325 e. The predicted octanol–water partition coefficient (Wildman–Crippen LogP) is 3.27. The van der Waals surface area contributed by atoms with Gasteiger partial charge >= 0.3 is 6.03 Å². The van der Waals surface area contributed by atoms with Gasteiger partial charge in [0.05, 0.1) is 6.54 Å². The molecule has 154 valence electrons. The Morgan fingerprint density at radius 3 is 2.27 bits per heavy atom. The summed E-state index contributed by atoms with van der Waals surface area (Å²) >= 11 is 12.0. The maximum atomic E-state index is 13.4. The monoisotopic (exact) mass is 443 g/mol. The Morgan fingerprint density at radius 2 is 1.60 bits per heavy atom. The van der Waals surface area contributed by atoms with Crippen molar-refractivity contribution in [2.75, 3.05) is 25.0 Å². The lowest BCUT2D eigenvalue weighted by atomic mass is 10.1. The molecule has 0 spiro atoms. The summed E-state index contributed by atoms with van der Waals surface area (Å²) in [6.45, 7) is 1.57. The zero-order valence-corrected chi connectivity index (χ0v) is 17.7. The van der Waals surface area contributed by atoms with Crippen LogP contribution in [0.15, 0.2) is 53.5 Å². The van der Waals surface area contributed by atoms with Crippen LogP contribution in [0.1, 0.15) is 5.56 Å². The van der Waals surface area contributed by atoms with Crippen LogP contribution in [0, 0.1) is 0 Å². The molecule has 3 aliphatic heterocycles. The number of carbonyl (C=O) groups is 2. The number of carbonyl (C=O) groups excluding carboxylic acids is 2. The Bertz CT molecular complexity index is 1040. The number of amides is 3. The van der Waals surface area contributed by atoms with Crippen molar-refractivity contribution in [1.82, 2.24) is 14.7 Å². The molecule has 2 aromatic carbocycles. The van der Waals surface area contributed by atoms with Crippen LogP contribution in [0.3, 0.4) is 0 Å². The van der Waals surface area contributed by atoms with Crippen molar-refractivity contribution in [3.8, 4) is 0 Å². The lowest BCUT2D eigenvalue weighted by Crippen LogP contribution is -2.64. The van der Waals surface area contributed by atoms with Crippen LogP contribution in [0.25, 0.3) is 0 Å². The highest BCUT2D eigenvalue weighted by Gasteiger charge is 2.54. The summed E-state index contributed by atoms with van der Waals surface area (Å²) in [6, 6.07) is 13.8. The van der Waals surface area contributed by atoms with Gasteiger partial charge in [0, 0.05) is 35.9 Å². The molecule has 0 bridgehead atoms. The molecule has 3 heterocycles. The zero-order valence-electron chi connectivity index (χ0n) is 16.2. The van der Waals surface area contributed by atoms with E-state index in [9.17, 15) is 9.59 Å². The third-order valence-electron chi connectivity index (χ3n) is 5.77. The third-order valence-corrected chi connectivity index (χ3v) is 6.27. The molecule has 0 saturated carbocycles. The predicted molar refractivity (Wildman–Crippen MR) is 116 cm³/mol. The second-order valence-corrected chi connectivity index (χ2v) is 8.43. The van der Waals surface area contributed by atoms with E-state index in [0.717, 1.165) is 11.3 Å². The molecule has 5 rings (SSSR count). The molecule has 0 aromatic heterocycles. The number of likely N-dealkylation sites (N-methyl/N-ethyl adjacent to an activating group) is 1. The molecule has 2 unspecified atom stereocenters. The molecule has 7 nitrogen and oxygen atoms in total. The summed E-state index contributed by atoms with van der Waals surface area (Å²) in [5.41, 5.74) is 1.80. The van der Waals surface area contributed by atoms with Gasteiger partial charge in [-0.15, -0.1) is 0 Å². The Kier molecular flexibility index (Phi) is 4.60. The van der Waals surface area contributed by atoms with Crippen molar-refractivity contribution in [3.05, 3.63) is 64.1 Å². The van der Waals surface area contributed by atoms with E-state index in [4.69, 9.17) is 28.2 Å². The molecule has 3 aliphatic rings. The van der Waals surface area contributed by atoms with E-state index in [2.05, 4.69) is 4.90 Å². The topological polar surface area (TPSA) is 59.5 Å². The number of hydrogen-bond donors (Lipinski definition) is 0. The molecular formula is C21H19Cl2N5O2. The SMILES string of the molecule is CN1C(=O)N(Cc2ccc(Cl)cc2)C(=O)C2C1N=C1N(c3ccc(Cl)cc3)CCN12. The molecule has 30 heavy (non-hydrogen) atoms. The van der Waals surface area contributed by atoms with E-state index in [1.807, 2.05) is 41.3 Å². The summed E-state index contributed by atoms with van der Waals surface area (Å²) in [5, 5.41) is 1.27. The van der Waals surface area contributed by atoms with E-state index >= 15 is 0 Å². The van der Waals surface area contributed by atoms with Crippen LogP contribution < -0.4 is 4.90 Å². The van der Waals surface area contributed by atoms with Gasteiger partial charge < -0.3 is 14.7 Å². The molecular weight excluding hydrogens is 425 g/mol. The third kappa shape index (κ3) is 3.00. The molecule has 2 aromatic rings. The van der Waals surface area contributed by atoms with Crippen molar-refractivity contribution < 1.29 is 9.59 Å². The van der Waals surface area contributed by atoms with Gasteiger partial charge in [0.25, 0.3) is 5.91 Å². The maximum Gasteiger partial charge on any atom is 0.328 e. The second-order valence-electron chi connectivity index (χ2n) is 7.55. The first kappa shape index (κ1) is 19.2. The number of imide groups is 1. The Labute approximate surface area is 184 Å². The number of halogens is 2. The standard InChI is InChI=1S/C21H19Cl2N5O2/c1-25-18-17(19(29)28(21(25)30)12-13-2-4-14(22)5-3-13)27-11-10-26(20(27)24-18)16-8-6-15(23)7-9-16/h2-9,17-18H,10-12H2,1H3. The Balaban J connectivity index is 1.43. The number of fused-ring (bicyclic) bond motifs is 3. The van der Waals surface area contributed by atoms with Crippen LogP contribution in [-0.4, -0.2) is 64.9 Å². The highest BCUT2D eigenvalue weighted by atomic mass is 35.5. The molecule has 0 radical (unpaired) electrons. The van der Waals surface area contributed by atoms with E-state index in [0.29, 0.717) is 29.1 Å². The summed E-state index contributed by atoms with van der Waals surface area (Å²) in [7, 11) is 1.69. The number of hydrogen-bond acceptors (Lipinski definition) is 5. The first-order valence-corrected chi connectivity index (χ1v) is 10.4. The minimum Gasteiger partial charge on any atom is -0.325 e. The average Bonchev–Trinajstić information content (AvgIpc) is 3.31. The summed E-state index contributed by atoms with van der Waals surface area (Å²) in [6.07, 6.45) is -0.531. The quantitative estimate of drug-likeness (QED) is 0.730. The minimum absolute atomic E-state index is 0.201. The van der Waals surface area contributed by atoms with Gasteiger partial charge in [-0.2, -0.15) is 0 Å². The van der Waals surface area contributed by atoms with E-state index < -0.39 is 12.2 Å². The number of urea groups is 1. The lowest BCUT2D eigenvalue weighted by molar-refractivity contribution is -0.137. The molecule has 9 heteroatoms. The molecule has 3 amide bonds. The number of guanidine groups is 1. The highest BCUT2D eigenvalue weighted by molar-refractivity contribution is 6.30. The fourth-order valence-electron chi connectivity index (χ4n) is 4.22. The highest BCUT2D eigenvalue weighted by Crippen LogP contribution is 2.34. The van der Waals surface area contributed by atoms with E-state index in [-0.39, 0.29) is 18.5 Å². The largest absolute Gasteiger partial charge is 0.328 e. The van der Waals surface area contributed by atoms with Crippen LogP contribution in [0.5, 0.6) is 0 Å². The van der Waals surface area contributed by atoms with Gasteiger partial charge in [-0.05, 0) is 42.0 Å². The van der Waals surface area contributed by atoms with Gasteiger partial charge in [0.15, 0.2) is 12.2 Å². The normalized spacial score (nSPS) is 23.1. The molecule has 0 aliphatic carbocycles. The fraction of sp³-hybridized carbons (Fsp3) is 0.286. The molecule has 2 atom stereocenters. The van der Waals surface area contributed by atoms with E-state index in [1.54, 1.807) is 24.1 Å². The Morgan fingerprint density at radius 1 is 0.967 bits per heavy atom. The van der Waals surface area contributed by atoms with Crippen LogP contribution in [0.2, 0.25) is 10.0 Å². The molecule has 2 saturated heterocycles. The average molecular weight is 444 g/mol. The van der Waals surface area contributed by atoms with Crippen LogP contribution in [0.4, 0.5) is 10.5 Å². The number of benzene rings is 2. The zero-order chi connectivity index (χ0) is 21.0. The van der Waals surface area contributed by atoms with Crippen molar-refractivity contribution in [2.24, 2.45) is 4.99 Å². The number of nitrogens with zero attached hydrogens (tertiary/aromatic N) is 5. The number of rotatable bonds is 3. The maximum absolute atomic E-state index is 13.4. The fourth-order valence-corrected chi connectivity index (χ4v) is 4.47. The van der Waals surface area contributed by atoms with Gasteiger partial charge in [-0.25, -0.2) is 9.79 Å². The van der Waals surface area contributed by atoms with Crippen molar-refractivity contribution in [1.29, 1.82) is 0 Å². The minimum atomic E-state index is -0.531. The van der Waals surface area contributed by atoms with Gasteiger partial charge in [0.2, 0.25) is 5.96 Å². The lowest BCUT2D eigenvalue weighted by Gasteiger charge is -2.40. The van der Waals surface area contributed by atoms with Crippen LogP contribution >= 0.6 is 23.2 Å². The summed E-state index contributed by atoms with van der Waals surface area (Å²) in [5.74, 6) is 0.489. The molecule has 2 fully saturated rings. The first-order valence-electron chi connectivity index (χ1n) is 9.64. The number of aliphatic imine (C=N–C) groups is 1. The van der Waals surface area contributed by atoms with Crippen LogP contribution in [-0.2, 0) is 11.3 Å². The van der Waals surface area contributed by atoms with Crippen molar-refractivity contribution in [2.45, 2.75) is 18.8 Å². The van der Waals surface area contributed by atoms with Gasteiger partial charge in [-0.3, -0.25) is 9.69 Å². The number of anilines is 1. The van der Waals surface area contributed by atoms with Crippen molar-refractivity contribution >= 4 is 46.8 Å². The van der Waals surface area contributed by atoms with E-state index in [1.165, 1.54) is 4.90 Å². The second kappa shape index (κ2) is 7.18. The van der Waals surface area contributed by atoms with Gasteiger partial charge in [-0.1, -0.05) is 35.3 Å². The molecule has 0 N–H and O–H groups in total. The summed E-state index contributed by atoms with van der Waals surface area (Å²) < 4.78 is 0.